The molecule has 9 heteroatoms. The molecule has 2 atom stereocenters. The summed E-state index contributed by atoms with van der Waals surface area (Å²) in [6.45, 7) is 8.59. The van der Waals surface area contributed by atoms with Crippen molar-refractivity contribution >= 4 is 29.9 Å². The fourth-order valence-corrected chi connectivity index (χ4v) is 3.15. The number of morpholine rings is 1. The summed E-state index contributed by atoms with van der Waals surface area (Å²) in [6, 6.07) is 0. The summed E-state index contributed by atoms with van der Waals surface area (Å²) in [7, 11) is 1.97. The SMILES string of the molecule is CCNC(=NCc1nnc(C)n1C)N1CCOC(C2CCCO2)C1.I. The van der Waals surface area contributed by atoms with Gasteiger partial charge in [-0.1, -0.05) is 0 Å². The lowest BCUT2D eigenvalue weighted by atomic mass is 10.1. The molecule has 2 saturated heterocycles. The minimum absolute atomic E-state index is 0. The average molecular weight is 464 g/mol. The second-order valence-electron chi connectivity index (χ2n) is 6.30. The van der Waals surface area contributed by atoms with Crippen LogP contribution in [0.1, 0.15) is 31.4 Å². The van der Waals surface area contributed by atoms with E-state index in [0.717, 1.165) is 56.7 Å². The Balaban J connectivity index is 0.00000225. The number of hydrogen-bond acceptors (Lipinski definition) is 5. The van der Waals surface area contributed by atoms with E-state index in [9.17, 15) is 0 Å². The largest absolute Gasteiger partial charge is 0.375 e. The highest BCUT2D eigenvalue weighted by molar-refractivity contribution is 14.0. The molecular formula is C16H29IN6O2. The van der Waals surface area contributed by atoms with Crippen molar-refractivity contribution in [2.24, 2.45) is 12.0 Å². The highest BCUT2D eigenvalue weighted by atomic mass is 127. The molecule has 0 aliphatic carbocycles. The standard InChI is InChI=1S/C16H28N6O2.HI/c1-4-17-16(18-10-15-20-19-12(2)21(15)3)22-7-9-24-14(11-22)13-6-5-8-23-13;/h13-14H,4-11H2,1-3H3,(H,17,18);1H. The van der Waals surface area contributed by atoms with Crippen LogP contribution in [0.5, 0.6) is 0 Å². The van der Waals surface area contributed by atoms with Gasteiger partial charge in [-0.25, -0.2) is 4.99 Å². The summed E-state index contributed by atoms with van der Waals surface area (Å²) < 4.78 is 13.7. The molecule has 2 unspecified atom stereocenters. The first-order chi connectivity index (χ1) is 11.7. The van der Waals surface area contributed by atoms with Crippen LogP contribution in [0, 0.1) is 6.92 Å². The van der Waals surface area contributed by atoms with Crippen LogP contribution in [-0.4, -0.2) is 70.7 Å². The smallest absolute Gasteiger partial charge is 0.194 e. The number of aromatic nitrogens is 3. The Bertz CT molecular complexity index is 573. The van der Waals surface area contributed by atoms with Crippen LogP contribution in [0.15, 0.2) is 4.99 Å². The molecule has 3 heterocycles. The highest BCUT2D eigenvalue weighted by Gasteiger charge is 2.32. The molecule has 0 amide bonds. The maximum Gasteiger partial charge on any atom is 0.194 e. The Labute approximate surface area is 166 Å². The van der Waals surface area contributed by atoms with Crippen molar-refractivity contribution < 1.29 is 9.47 Å². The van der Waals surface area contributed by atoms with Gasteiger partial charge in [0.05, 0.1) is 12.7 Å². The van der Waals surface area contributed by atoms with Gasteiger partial charge in [-0.05, 0) is 26.7 Å². The van der Waals surface area contributed by atoms with Crippen molar-refractivity contribution in [3.8, 4) is 0 Å². The maximum absolute atomic E-state index is 5.93. The molecule has 0 spiro atoms. The van der Waals surface area contributed by atoms with E-state index < -0.39 is 0 Å². The Hall–Kier alpha value is -0.940. The number of aliphatic imine (C=N–C) groups is 1. The van der Waals surface area contributed by atoms with Gasteiger partial charge in [-0.15, -0.1) is 34.2 Å². The van der Waals surface area contributed by atoms with Gasteiger partial charge in [-0.3, -0.25) is 0 Å². The quantitative estimate of drug-likeness (QED) is 0.409. The molecule has 3 rings (SSSR count). The molecule has 1 aromatic rings. The van der Waals surface area contributed by atoms with Crippen LogP contribution in [0.2, 0.25) is 0 Å². The van der Waals surface area contributed by atoms with Gasteiger partial charge >= 0.3 is 0 Å². The van der Waals surface area contributed by atoms with E-state index in [4.69, 9.17) is 14.5 Å². The first kappa shape index (κ1) is 20.4. The number of ether oxygens (including phenoxy) is 2. The summed E-state index contributed by atoms with van der Waals surface area (Å²) in [6.07, 6.45) is 2.56. The van der Waals surface area contributed by atoms with Crippen LogP contribution in [0.3, 0.4) is 0 Å². The number of hydrogen-bond donors (Lipinski definition) is 1. The molecule has 1 aromatic heterocycles. The predicted octanol–water partition coefficient (Wildman–Crippen LogP) is 1.09. The van der Waals surface area contributed by atoms with Crippen molar-refractivity contribution in [2.75, 3.05) is 32.8 Å². The van der Waals surface area contributed by atoms with Crippen molar-refractivity contribution in [3.63, 3.8) is 0 Å². The lowest BCUT2D eigenvalue weighted by Gasteiger charge is -2.37. The Morgan fingerprint density at radius 1 is 1.28 bits per heavy atom. The Morgan fingerprint density at radius 2 is 2.08 bits per heavy atom. The fourth-order valence-electron chi connectivity index (χ4n) is 3.15. The van der Waals surface area contributed by atoms with Gasteiger partial charge in [0.2, 0.25) is 0 Å². The molecule has 2 aliphatic heterocycles. The van der Waals surface area contributed by atoms with Gasteiger partial charge in [0.1, 0.15) is 18.5 Å². The van der Waals surface area contributed by atoms with E-state index in [2.05, 4.69) is 27.3 Å². The van der Waals surface area contributed by atoms with E-state index in [1.54, 1.807) is 0 Å². The second kappa shape index (κ2) is 9.67. The molecule has 2 aliphatic rings. The lowest BCUT2D eigenvalue weighted by molar-refractivity contribution is -0.0817. The van der Waals surface area contributed by atoms with Crippen molar-refractivity contribution in [1.82, 2.24) is 25.0 Å². The number of nitrogens with one attached hydrogen (secondary N) is 1. The summed E-state index contributed by atoms with van der Waals surface area (Å²) in [5.74, 6) is 2.67. The second-order valence-corrected chi connectivity index (χ2v) is 6.30. The molecule has 0 aromatic carbocycles. The van der Waals surface area contributed by atoms with E-state index in [0.29, 0.717) is 13.2 Å². The molecular weight excluding hydrogens is 435 g/mol. The third-order valence-electron chi connectivity index (χ3n) is 4.66. The van der Waals surface area contributed by atoms with Crippen molar-refractivity contribution in [1.29, 1.82) is 0 Å². The third-order valence-corrected chi connectivity index (χ3v) is 4.66. The first-order valence-corrected chi connectivity index (χ1v) is 8.80. The molecule has 25 heavy (non-hydrogen) atoms. The van der Waals surface area contributed by atoms with E-state index in [1.807, 2.05) is 18.5 Å². The fraction of sp³-hybridized carbons (Fsp3) is 0.812. The Kier molecular flexibility index (Phi) is 7.88. The average Bonchev–Trinajstić information content (AvgIpc) is 3.24. The van der Waals surface area contributed by atoms with Gasteiger partial charge in [0, 0.05) is 33.3 Å². The molecule has 8 nitrogen and oxygen atoms in total. The monoisotopic (exact) mass is 464 g/mol. The van der Waals surface area contributed by atoms with Crippen LogP contribution in [-0.2, 0) is 23.1 Å². The summed E-state index contributed by atoms with van der Waals surface area (Å²) in [4.78, 5) is 7.02. The lowest BCUT2D eigenvalue weighted by Crippen LogP contribution is -2.53. The van der Waals surface area contributed by atoms with E-state index in [1.165, 1.54) is 0 Å². The zero-order valence-electron chi connectivity index (χ0n) is 15.3. The minimum atomic E-state index is 0. The summed E-state index contributed by atoms with van der Waals surface area (Å²) in [5, 5.41) is 11.7. The van der Waals surface area contributed by atoms with Gasteiger partial charge < -0.3 is 24.3 Å². The number of rotatable bonds is 4. The predicted molar refractivity (Wildman–Crippen MR) is 106 cm³/mol. The van der Waals surface area contributed by atoms with Crippen LogP contribution >= 0.6 is 24.0 Å². The number of halogens is 1. The molecule has 0 radical (unpaired) electrons. The summed E-state index contributed by atoms with van der Waals surface area (Å²) in [5.41, 5.74) is 0. The zero-order valence-corrected chi connectivity index (χ0v) is 17.6. The molecule has 142 valence electrons. The van der Waals surface area contributed by atoms with Crippen molar-refractivity contribution in [3.05, 3.63) is 11.6 Å². The topological polar surface area (TPSA) is 76.8 Å². The maximum atomic E-state index is 5.93. The minimum Gasteiger partial charge on any atom is -0.375 e. The Morgan fingerprint density at radius 3 is 2.72 bits per heavy atom. The molecule has 0 bridgehead atoms. The third kappa shape index (κ3) is 5.04. The molecule has 0 saturated carbocycles. The highest BCUT2D eigenvalue weighted by Crippen LogP contribution is 2.21. The zero-order chi connectivity index (χ0) is 16.9. The van der Waals surface area contributed by atoms with Crippen LogP contribution in [0.4, 0.5) is 0 Å². The molecule has 1 N–H and O–H groups in total. The van der Waals surface area contributed by atoms with Crippen LogP contribution in [0.25, 0.3) is 0 Å². The molecule has 2 fully saturated rings. The van der Waals surface area contributed by atoms with E-state index in [-0.39, 0.29) is 36.2 Å². The number of nitrogens with zero attached hydrogens (tertiary/aromatic N) is 5. The summed E-state index contributed by atoms with van der Waals surface area (Å²) >= 11 is 0. The van der Waals surface area contributed by atoms with Gasteiger partial charge in [0.25, 0.3) is 0 Å². The van der Waals surface area contributed by atoms with Crippen molar-refractivity contribution in [2.45, 2.75) is 45.4 Å². The van der Waals surface area contributed by atoms with Gasteiger partial charge in [0.15, 0.2) is 11.8 Å². The van der Waals surface area contributed by atoms with Gasteiger partial charge in [-0.2, -0.15) is 0 Å². The van der Waals surface area contributed by atoms with Crippen LogP contribution < -0.4 is 5.32 Å². The van der Waals surface area contributed by atoms with E-state index >= 15 is 0 Å². The number of guanidine groups is 1. The normalized spacial score (nSPS) is 24.3. The first-order valence-electron chi connectivity index (χ1n) is 8.80. The number of aryl methyl sites for hydroxylation is 1.